The van der Waals surface area contributed by atoms with Gasteiger partial charge in [0, 0.05) is 0 Å². The van der Waals surface area contributed by atoms with Gasteiger partial charge in [-0.1, -0.05) is 31.7 Å². The van der Waals surface area contributed by atoms with Gasteiger partial charge in [-0.15, -0.1) is 0 Å². The first-order valence-electron chi connectivity index (χ1n) is 6.23. The average Bonchev–Trinajstić information content (AvgIpc) is 2.27. The number of carbonyl (C=O) groups excluding carboxylic acids is 1. The van der Waals surface area contributed by atoms with E-state index < -0.39 is 0 Å². The predicted molar refractivity (Wildman–Crippen MR) is 70.3 cm³/mol. The van der Waals surface area contributed by atoms with Gasteiger partial charge >= 0.3 is 5.97 Å². The summed E-state index contributed by atoms with van der Waals surface area (Å²) in [4.78, 5) is 11.8. The molecule has 1 aliphatic rings. The molecule has 0 aliphatic heterocycles. The van der Waals surface area contributed by atoms with E-state index in [1.54, 1.807) is 12.2 Å². The van der Waals surface area contributed by atoms with Crippen molar-refractivity contribution in [3.05, 3.63) is 36.6 Å². The van der Waals surface area contributed by atoms with Crippen LogP contribution in [0.1, 0.15) is 39.5 Å². The Bertz CT molecular complexity index is 331. The zero-order valence-corrected chi connectivity index (χ0v) is 10.9. The summed E-state index contributed by atoms with van der Waals surface area (Å²) in [6.45, 7) is 11.6. The van der Waals surface area contributed by atoms with Crippen molar-refractivity contribution in [2.24, 2.45) is 11.8 Å². The first-order valence-corrected chi connectivity index (χ1v) is 6.23. The third kappa shape index (κ3) is 5.03. The Hall–Kier alpha value is -1.31. The van der Waals surface area contributed by atoms with E-state index in [1.165, 1.54) is 0 Å². The maximum Gasteiger partial charge on any atom is 0.314 e. The van der Waals surface area contributed by atoms with Crippen LogP contribution in [-0.4, -0.2) is 5.97 Å². The molecule has 2 nitrogen and oxygen atoms in total. The first kappa shape index (κ1) is 13.8. The summed E-state index contributed by atoms with van der Waals surface area (Å²) in [5.41, 5.74) is 0.911. The fourth-order valence-corrected chi connectivity index (χ4v) is 1.98. The second-order valence-electron chi connectivity index (χ2n) is 5.02. The highest BCUT2D eigenvalue weighted by Gasteiger charge is 2.25. The van der Waals surface area contributed by atoms with Crippen LogP contribution < -0.4 is 0 Å². The molecular formula is C15H22O2. The van der Waals surface area contributed by atoms with Crippen molar-refractivity contribution in [2.45, 2.75) is 39.5 Å². The molecule has 0 aromatic rings. The normalized spacial score (nSPS) is 24.6. The van der Waals surface area contributed by atoms with Crippen molar-refractivity contribution in [1.82, 2.24) is 0 Å². The van der Waals surface area contributed by atoms with Crippen LogP contribution in [0.3, 0.4) is 0 Å². The number of esters is 1. The van der Waals surface area contributed by atoms with Crippen LogP contribution in [-0.2, 0) is 9.53 Å². The van der Waals surface area contributed by atoms with Gasteiger partial charge < -0.3 is 4.74 Å². The molecule has 1 rings (SSSR count). The van der Waals surface area contributed by atoms with E-state index in [4.69, 9.17) is 4.74 Å². The lowest BCUT2D eigenvalue weighted by molar-refractivity contribution is -0.145. The Balaban J connectivity index is 2.38. The lowest BCUT2D eigenvalue weighted by atomic mass is 9.83. The molecule has 0 unspecified atom stereocenters. The molecule has 1 fully saturated rings. The van der Waals surface area contributed by atoms with Crippen LogP contribution >= 0.6 is 0 Å². The number of hydrogen-bond donors (Lipinski definition) is 0. The third-order valence-electron chi connectivity index (χ3n) is 3.13. The Labute approximate surface area is 104 Å². The molecule has 1 aliphatic carbocycles. The molecule has 0 spiro atoms. The standard InChI is InChI=1S/C15H22O2/c1-11(2)5-8-13(4)17-15(16)14-9-6-12(3)7-10-14/h5,8,12,14H,1,4,6-7,9-10H2,2-3H3/b8-5-. The maximum absolute atomic E-state index is 11.8. The van der Waals surface area contributed by atoms with Crippen LogP contribution in [0.25, 0.3) is 0 Å². The number of ether oxygens (including phenoxy) is 1. The lowest BCUT2D eigenvalue weighted by Gasteiger charge is -2.24. The molecule has 0 atom stereocenters. The molecule has 0 aromatic heterocycles. The second-order valence-corrected chi connectivity index (χ2v) is 5.02. The minimum atomic E-state index is -0.131. The van der Waals surface area contributed by atoms with Gasteiger partial charge in [0.2, 0.25) is 0 Å². The van der Waals surface area contributed by atoms with Gasteiger partial charge in [-0.05, 0) is 44.6 Å². The molecule has 0 radical (unpaired) electrons. The molecular weight excluding hydrogens is 212 g/mol. The second kappa shape index (κ2) is 6.43. The fourth-order valence-electron chi connectivity index (χ4n) is 1.98. The number of allylic oxidation sites excluding steroid dienone is 3. The van der Waals surface area contributed by atoms with E-state index in [1.807, 2.05) is 6.92 Å². The smallest absolute Gasteiger partial charge is 0.314 e. The summed E-state index contributed by atoms with van der Waals surface area (Å²) < 4.78 is 5.21. The van der Waals surface area contributed by atoms with Crippen molar-refractivity contribution < 1.29 is 9.53 Å². The largest absolute Gasteiger partial charge is 0.427 e. The van der Waals surface area contributed by atoms with Crippen molar-refractivity contribution in [3.63, 3.8) is 0 Å². The van der Waals surface area contributed by atoms with Gasteiger partial charge in [0.25, 0.3) is 0 Å². The minimum Gasteiger partial charge on any atom is -0.427 e. The Morgan fingerprint density at radius 3 is 2.29 bits per heavy atom. The Morgan fingerprint density at radius 2 is 1.76 bits per heavy atom. The summed E-state index contributed by atoms with van der Waals surface area (Å²) in [5, 5.41) is 0. The van der Waals surface area contributed by atoms with Crippen molar-refractivity contribution in [1.29, 1.82) is 0 Å². The van der Waals surface area contributed by atoms with Crippen molar-refractivity contribution >= 4 is 5.97 Å². The van der Waals surface area contributed by atoms with Crippen LogP contribution in [0.2, 0.25) is 0 Å². The zero-order chi connectivity index (χ0) is 12.8. The highest BCUT2D eigenvalue weighted by Crippen LogP contribution is 2.29. The fraction of sp³-hybridized carbons (Fsp3) is 0.533. The minimum absolute atomic E-state index is 0.0566. The highest BCUT2D eigenvalue weighted by atomic mass is 16.5. The zero-order valence-electron chi connectivity index (χ0n) is 10.9. The topological polar surface area (TPSA) is 26.3 Å². The summed E-state index contributed by atoms with van der Waals surface area (Å²) >= 11 is 0. The lowest BCUT2D eigenvalue weighted by Crippen LogP contribution is -2.22. The van der Waals surface area contributed by atoms with Gasteiger partial charge in [0.05, 0.1) is 5.92 Å². The highest BCUT2D eigenvalue weighted by molar-refractivity contribution is 5.73. The van der Waals surface area contributed by atoms with Gasteiger partial charge in [0.15, 0.2) is 0 Å². The number of hydrogen-bond acceptors (Lipinski definition) is 2. The molecule has 0 amide bonds. The Morgan fingerprint density at radius 1 is 1.18 bits per heavy atom. The van der Waals surface area contributed by atoms with E-state index in [0.29, 0.717) is 5.76 Å². The van der Waals surface area contributed by atoms with Gasteiger partial charge in [-0.25, -0.2) is 0 Å². The summed E-state index contributed by atoms with van der Waals surface area (Å²) in [6.07, 6.45) is 7.60. The molecule has 0 heterocycles. The van der Waals surface area contributed by atoms with E-state index in [-0.39, 0.29) is 11.9 Å². The monoisotopic (exact) mass is 234 g/mol. The van der Waals surface area contributed by atoms with Crippen molar-refractivity contribution in [3.8, 4) is 0 Å². The average molecular weight is 234 g/mol. The quantitative estimate of drug-likeness (QED) is 0.417. The predicted octanol–water partition coefficient (Wildman–Crippen LogP) is 4.00. The molecule has 17 heavy (non-hydrogen) atoms. The SMILES string of the molecule is C=C(C)/C=C\C(=C)OC(=O)C1CCC(C)CC1. The van der Waals surface area contributed by atoms with E-state index in [0.717, 1.165) is 37.2 Å². The Kier molecular flexibility index (Phi) is 5.20. The third-order valence-corrected chi connectivity index (χ3v) is 3.13. The van der Waals surface area contributed by atoms with Gasteiger partial charge in [0.1, 0.15) is 5.76 Å². The molecule has 0 saturated heterocycles. The van der Waals surface area contributed by atoms with E-state index in [9.17, 15) is 4.79 Å². The van der Waals surface area contributed by atoms with E-state index >= 15 is 0 Å². The van der Waals surface area contributed by atoms with Gasteiger partial charge in [-0.3, -0.25) is 4.79 Å². The molecule has 94 valence electrons. The maximum atomic E-state index is 11.8. The summed E-state index contributed by atoms with van der Waals surface area (Å²) in [7, 11) is 0. The molecule has 1 saturated carbocycles. The first-order chi connectivity index (χ1) is 7.99. The summed E-state index contributed by atoms with van der Waals surface area (Å²) in [5.74, 6) is 1.07. The van der Waals surface area contributed by atoms with Crippen LogP contribution in [0.15, 0.2) is 36.6 Å². The molecule has 0 N–H and O–H groups in total. The number of carbonyl (C=O) groups is 1. The van der Waals surface area contributed by atoms with Crippen molar-refractivity contribution in [2.75, 3.05) is 0 Å². The molecule has 2 heteroatoms. The van der Waals surface area contributed by atoms with Crippen LogP contribution in [0.5, 0.6) is 0 Å². The molecule has 0 bridgehead atoms. The summed E-state index contributed by atoms with van der Waals surface area (Å²) in [6, 6.07) is 0. The van der Waals surface area contributed by atoms with Crippen LogP contribution in [0.4, 0.5) is 0 Å². The van der Waals surface area contributed by atoms with Crippen LogP contribution in [0, 0.1) is 11.8 Å². The number of rotatable bonds is 4. The van der Waals surface area contributed by atoms with Gasteiger partial charge in [-0.2, -0.15) is 0 Å². The molecule has 0 aromatic carbocycles. The van der Waals surface area contributed by atoms with E-state index in [2.05, 4.69) is 20.1 Å².